The summed E-state index contributed by atoms with van der Waals surface area (Å²) in [4.78, 5) is 13.0. The van der Waals surface area contributed by atoms with Crippen LogP contribution in [0.5, 0.6) is 11.5 Å². The molecule has 0 aliphatic carbocycles. The summed E-state index contributed by atoms with van der Waals surface area (Å²) >= 11 is 0. The van der Waals surface area contributed by atoms with Crippen molar-refractivity contribution in [1.29, 1.82) is 0 Å². The van der Waals surface area contributed by atoms with E-state index in [1.54, 1.807) is 6.07 Å². The summed E-state index contributed by atoms with van der Waals surface area (Å²) in [5, 5.41) is 6.98. The summed E-state index contributed by atoms with van der Waals surface area (Å²) in [5.74, 6) is 0.311. The van der Waals surface area contributed by atoms with Gasteiger partial charge in [-0.25, -0.2) is 0 Å². The zero-order valence-electron chi connectivity index (χ0n) is 18.3. The number of aromatic nitrogens is 1. The number of amides is 1. The van der Waals surface area contributed by atoms with Gasteiger partial charge in [0.1, 0.15) is 11.3 Å². The molecule has 0 atom stereocenters. The van der Waals surface area contributed by atoms with Crippen molar-refractivity contribution in [2.75, 3.05) is 5.32 Å². The number of hydrogen-bond acceptors (Lipinski definition) is 5. The SMILES string of the molecule is CCc1cc(-c2cc3c(cc2C)OC(F)(F)O3)ccc1NC(=O)c1c(CC)noc1CC. The number of hydrogen-bond donors (Lipinski definition) is 1. The maximum Gasteiger partial charge on any atom is 0.586 e. The van der Waals surface area contributed by atoms with Gasteiger partial charge < -0.3 is 19.3 Å². The van der Waals surface area contributed by atoms with Crippen molar-refractivity contribution in [2.24, 2.45) is 0 Å². The summed E-state index contributed by atoms with van der Waals surface area (Å²) in [6, 6.07) is 8.68. The van der Waals surface area contributed by atoms with Gasteiger partial charge in [0.2, 0.25) is 0 Å². The number of aryl methyl sites for hydroxylation is 4. The van der Waals surface area contributed by atoms with E-state index in [-0.39, 0.29) is 17.4 Å². The third kappa shape index (κ3) is 3.92. The molecule has 4 rings (SSSR count). The maximum atomic E-state index is 13.4. The molecule has 2 aromatic carbocycles. The number of rotatable bonds is 6. The number of nitrogens with zero attached hydrogens (tertiary/aromatic N) is 1. The van der Waals surface area contributed by atoms with Crippen LogP contribution < -0.4 is 14.8 Å². The third-order valence-corrected chi connectivity index (χ3v) is 5.51. The van der Waals surface area contributed by atoms with Crippen molar-refractivity contribution in [1.82, 2.24) is 5.16 Å². The maximum absolute atomic E-state index is 13.4. The quantitative estimate of drug-likeness (QED) is 0.514. The van der Waals surface area contributed by atoms with E-state index in [4.69, 9.17) is 4.52 Å². The fraction of sp³-hybridized carbons (Fsp3) is 0.333. The number of halogens is 2. The molecule has 8 heteroatoms. The number of ether oxygens (including phenoxy) is 2. The number of alkyl halides is 2. The van der Waals surface area contributed by atoms with Crippen LogP contribution >= 0.6 is 0 Å². The van der Waals surface area contributed by atoms with Crippen LogP contribution in [0.25, 0.3) is 11.1 Å². The van der Waals surface area contributed by atoms with Crippen LogP contribution in [0, 0.1) is 6.92 Å². The molecule has 0 saturated carbocycles. The van der Waals surface area contributed by atoms with Gasteiger partial charge in [0.25, 0.3) is 5.91 Å². The average Bonchev–Trinajstić information content (AvgIpc) is 3.31. The predicted octanol–water partition coefficient (Wildman–Crippen LogP) is 5.91. The van der Waals surface area contributed by atoms with Gasteiger partial charge in [-0.3, -0.25) is 4.79 Å². The van der Waals surface area contributed by atoms with E-state index in [1.807, 2.05) is 45.9 Å². The highest BCUT2D eigenvalue weighted by molar-refractivity contribution is 6.06. The Labute approximate surface area is 184 Å². The van der Waals surface area contributed by atoms with Gasteiger partial charge in [0.15, 0.2) is 11.5 Å². The lowest BCUT2D eigenvalue weighted by Gasteiger charge is -2.14. The molecule has 0 radical (unpaired) electrons. The second kappa shape index (κ2) is 8.26. The molecule has 1 amide bonds. The zero-order chi connectivity index (χ0) is 23.0. The lowest BCUT2D eigenvalue weighted by Crippen LogP contribution is -2.25. The van der Waals surface area contributed by atoms with Gasteiger partial charge in [-0.1, -0.05) is 32.0 Å². The minimum Gasteiger partial charge on any atom is -0.395 e. The van der Waals surface area contributed by atoms with E-state index in [2.05, 4.69) is 19.9 Å². The molecule has 0 unspecified atom stereocenters. The van der Waals surface area contributed by atoms with Crippen LogP contribution in [0.2, 0.25) is 0 Å². The molecule has 0 spiro atoms. The van der Waals surface area contributed by atoms with E-state index in [0.29, 0.717) is 42.0 Å². The number of fused-ring (bicyclic) bond motifs is 1. The zero-order valence-corrected chi connectivity index (χ0v) is 18.3. The fourth-order valence-electron chi connectivity index (χ4n) is 3.87. The molecule has 0 fully saturated rings. The lowest BCUT2D eigenvalue weighted by molar-refractivity contribution is -0.286. The topological polar surface area (TPSA) is 73.6 Å². The Kier molecular flexibility index (Phi) is 5.62. The Bertz CT molecular complexity index is 1170. The lowest BCUT2D eigenvalue weighted by atomic mass is 9.96. The molecule has 6 nitrogen and oxygen atoms in total. The normalized spacial score (nSPS) is 13.9. The Balaban J connectivity index is 1.65. The summed E-state index contributed by atoms with van der Waals surface area (Å²) < 4.78 is 41.3. The predicted molar refractivity (Wildman–Crippen MR) is 115 cm³/mol. The van der Waals surface area contributed by atoms with Crippen LogP contribution in [0.3, 0.4) is 0 Å². The highest BCUT2D eigenvalue weighted by Crippen LogP contribution is 2.44. The van der Waals surface area contributed by atoms with Gasteiger partial charge in [-0.15, -0.1) is 8.78 Å². The molecular formula is C24H24F2N2O4. The minimum absolute atomic E-state index is 0.00215. The number of nitrogens with one attached hydrogen (secondary N) is 1. The minimum atomic E-state index is -3.66. The van der Waals surface area contributed by atoms with Crippen molar-refractivity contribution in [3.8, 4) is 22.6 Å². The smallest absolute Gasteiger partial charge is 0.395 e. The van der Waals surface area contributed by atoms with Gasteiger partial charge in [-0.2, -0.15) is 0 Å². The van der Waals surface area contributed by atoms with Crippen LogP contribution in [0.4, 0.5) is 14.5 Å². The highest BCUT2D eigenvalue weighted by atomic mass is 19.3. The average molecular weight is 442 g/mol. The molecule has 0 saturated heterocycles. The first-order valence-electron chi connectivity index (χ1n) is 10.6. The van der Waals surface area contributed by atoms with Crippen molar-refractivity contribution in [2.45, 2.75) is 53.3 Å². The van der Waals surface area contributed by atoms with Gasteiger partial charge in [0, 0.05) is 12.1 Å². The van der Waals surface area contributed by atoms with E-state index >= 15 is 0 Å². The first kappa shape index (κ1) is 21.8. The Morgan fingerprint density at radius 1 is 1.03 bits per heavy atom. The molecular weight excluding hydrogens is 418 g/mol. The largest absolute Gasteiger partial charge is 0.586 e. The van der Waals surface area contributed by atoms with E-state index in [1.165, 1.54) is 6.07 Å². The summed E-state index contributed by atoms with van der Waals surface area (Å²) in [6.45, 7) is 7.63. The number of anilines is 1. The van der Waals surface area contributed by atoms with E-state index in [0.717, 1.165) is 22.3 Å². The molecule has 1 N–H and O–H groups in total. The van der Waals surface area contributed by atoms with Crippen LogP contribution in [0.1, 0.15) is 53.7 Å². The van der Waals surface area contributed by atoms with Crippen molar-refractivity contribution in [3.05, 3.63) is 58.5 Å². The first-order valence-corrected chi connectivity index (χ1v) is 10.6. The summed E-state index contributed by atoms with van der Waals surface area (Å²) in [7, 11) is 0. The number of carbonyl (C=O) groups excluding carboxylic acids is 1. The van der Waals surface area contributed by atoms with Crippen molar-refractivity contribution in [3.63, 3.8) is 0 Å². The second-order valence-corrected chi connectivity index (χ2v) is 7.60. The van der Waals surface area contributed by atoms with Crippen molar-refractivity contribution >= 4 is 11.6 Å². The van der Waals surface area contributed by atoms with Gasteiger partial charge in [-0.05, 0) is 66.3 Å². The molecule has 32 heavy (non-hydrogen) atoms. The standard InChI is InChI=1S/C24H24F2N2O4/c1-5-14-11-15(16-12-21-20(10-13(16)4)30-24(25,26)31-21)8-9-18(14)27-23(29)22-17(6-2)28-32-19(22)7-3/h8-12H,5-7H2,1-4H3,(H,27,29). The Morgan fingerprint density at radius 3 is 2.41 bits per heavy atom. The van der Waals surface area contributed by atoms with E-state index < -0.39 is 6.29 Å². The second-order valence-electron chi connectivity index (χ2n) is 7.60. The molecule has 2 heterocycles. The summed E-state index contributed by atoms with van der Waals surface area (Å²) in [6.07, 6.45) is -1.84. The molecule has 1 aliphatic rings. The van der Waals surface area contributed by atoms with Crippen LogP contribution in [-0.2, 0) is 19.3 Å². The third-order valence-electron chi connectivity index (χ3n) is 5.51. The molecule has 1 aliphatic heterocycles. The van der Waals surface area contributed by atoms with Crippen LogP contribution in [0.15, 0.2) is 34.9 Å². The molecule has 1 aromatic heterocycles. The Hall–Kier alpha value is -3.42. The Morgan fingerprint density at radius 2 is 1.75 bits per heavy atom. The molecule has 3 aromatic rings. The van der Waals surface area contributed by atoms with Gasteiger partial charge in [0.05, 0.1) is 5.69 Å². The first-order chi connectivity index (χ1) is 15.3. The number of benzene rings is 2. The highest BCUT2D eigenvalue weighted by Gasteiger charge is 2.43. The van der Waals surface area contributed by atoms with Gasteiger partial charge >= 0.3 is 6.29 Å². The monoisotopic (exact) mass is 442 g/mol. The van der Waals surface area contributed by atoms with Crippen LogP contribution in [-0.4, -0.2) is 17.4 Å². The fourth-order valence-corrected chi connectivity index (χ4v) is 3.87. The van der Waals surface area contributed by atoms with Crippen molar-refractivity contribution < 1.29 is 27.6 Å². The molecule has 0 bridgehead atoms. The number of carbonyl (C=O) groups is 1. The molecule has 168 valence electrons. The van der Waals surface area contributed by atoms with E-state index in [9.17, 15) is 13.6 Å². The summed E-state index contributed by atoms with van der Waals surface area (Å²) in [5.41, 5.74) is 5.04.